The molecule has 2 rings (SSSR count). The summed E-state index contributed by atoms with van der Waals surface area (Å²) in [5.41, 5.74) is 0.905. The Hall–Kier alpha value is -1.59. The molecule has 1 saturated heterocycles. The summed E-state index contributed by atoms with van der Waals surface area (Å²) in [7, 11) is 2.06. The van der Waals surface area contributed by atoms with Crippen LogP contribution in [0.1, 0.15) is 30.1 Å². The van der Waals surface area contributed by atoms with Crippen LogP contribution in [-0.4, -0.2) is 43.5 Å². The van der Waals surface area contributed by atoms with Crippen molar-refractivity contribution in [2.45, 2.75) is 19.8 Å². The molecular weight excluding hydrogens is 304 g/mol. The Morgan fingerprint density at radius 2 is 2.05 bits per heavy atom. The zero-order valence-electron chi connectivity index (χ0n) is 12.9. The fraction of sp³-hybridized carbons (Fsp3) is 0.500. The second-order valence-electron chi connectivity index (χ2n) is 5.48. The van der Waals surface area contributed by atoms with E-state index in [1.54, 1.807) is 25.1 Å². The minimum atomic E-state index is -0.458. The lowest BCUT2D eigenvalue weighted by Gasteiger charge is -2.28. The number of nitrogens with zero attached hydrogens (tertiary/aromatic N) is 1. The number of hydrogen-bond donors (Lipinski definition) is 1. The molecule has 0 aliphatic carbocycles. The van der Waals surface area contributed by atoms with Crippen LogP contribution in [0.25, 0.3) is 0 Å². The van der Waals surface area contributed by atoms with E-state index in [2.05, 4.69) is 17.3 Å². The van der Waals surface area contributed by atoms with Gasteiger partial charge in [0.25, 0.3) is 0 Å². The maximum Gasteiger partial charge on any atom is 0.339 e. The van der Waals surface area contributed by atoms with E-state index in [1.165, 1.54) is 0 Å². The van der Waals surface area contributed by atoms with E-state index in [1.807, 2.05) is 0 Å². The molecule has 22 heavy (non-hydrogen) atoms. The van der Waals surface area contributed by atoms with Crippen LogP contribution in [0.5, 0.6) is 0 Å². The van der Waals surface area contributed by atoms with Crippen LogP contribution >= 0.6 is 11.6 Å². The molecular formula is C16H21ClN2O3. The molecule has 0 unspecified atom stereocenters. The van der Waals surface area contributed by atoms with Crippen LogP contribution in [0.2, 0.25) is 5.02 Å². The molecule has 1 amide bonds. The maximum atomic E-state index is 12.2. The van der Waals surface area contributed by atoms with Gasteiger partial charge in [-0.15, -0.1) is 0 Å². The van der Waals surface area contributed by atoms with Crippen LogP contribution in [-0.2, 0) is 9.53 Å². The van der Waals surface area contributed by atoms with Crippen molar-refractivity contribution in [1.29, 1.82) is 0 Å². The zero-order chi connectivity index (χ0) is 16.1. The van der Waals surface area contributed by atoms with Gasteiger partial charge in [0.1, 0.15) is 0 Å². The van der Waals surface area contributed by atoms with Gasteiger partial charge in [-0.3, -0.25) is 4.79 Å². The molecule has 6 heteroatoms. The van der Waals surface area contributed by atoms with Crippen molar-refractivity contribution < 1.29 is 14.3 Å². The van der Waals surface area contributed by atoms with Crippen LogP contribution in [0.3, 0.4) is 0 Å². The highest BCUT2D eigenvalue weighted by atomic mass is 35.5. The minimum Gasteiger partial charge on any atom is -0.462 e. The third-order valence-electron chi connectivity index (χ3n) is 3.82. The molecule has 0 radical (unpaired) electrons. The number of benzene rings is 1. The number of carbonyl (C=O) groups excluding carboxylic acids is 2. The van der Waals surface area contributed by atoms with Gasteiger partial charge in [0.2, 0.25) is 5.91 Å². The quantitative estimate of drug-likeness (QED) is 0.865. The van der Waals surface area contributed by atoms with Gasteiger partial charge in [-0.1, -0.05) is 11.6 Å². The molecule has 1 aromatic rings. The van der Waals surface area contributed by atoms with Gasteiger partial charge in [-0.05, 0) is 58.1 Å². The second kappa shape index (κ2) is 7.61. The van der Waals surface area contributed by atoms with E-state index in [0.717, 1.165) is 25.9 Å². The number of amides is 1. The molecule has 0 saturated carbocycles. The largest absolute Gasteiger partial charge is 0.462 e. The average Bonchev–Trinajstić information content (AvgIpc) is 2.48. The van der Waals surface area contributed by atoms with Crippen molar-refractivity contribution in [2.24, 2.45) is 5.92 Å². The number of piperidine rings is 1. The molecule has 1 fully saturated rings. The highest BCUT2D eigenvalue weighted by molar-refractivity contribution is 6.34. The summed E-state index contributed by atoms with van der Waals surface area (Å²) < 4.78 is 4.92. The van der Waals surface area contributed by atoms with Crippen molar-refractivity contribution >= 4 is 29.2 Å². The summed E-state index contributed by atoms with van der Waals surface area (Å²) in [4.78, 5) is 26.1. The molecule has 1 heterocycles. The Balaban J connectivity index is 2.00. The summed E-state index contributed by atoms with van der Waals surface area (Å²) >= 11 is 6.09. The number of likely N-dealkylation sites (tertiary alicyclic amines) is 1. The first-order valence-electron chi connectivity index (χ1n) is 7.47. The Bertz CT molecular complexity index is 554. The number of halogens is 1. The van der Waals surface area contributed by atoms with Gasteiger partial charge in [0, 0.05) is 11.6 Å². The standard InChI is InChI=1S/C16H21ClN2O3/c1-3-22-16(21)13-5-4-12(10-14(13)17)18-15(20)11-6-8-19(2)9-7-11/h4-5,10-11H,3,6-9H2,1-2H3,(H,18,20). The molecule has 1 N–H and O–H groups in total. The summed E-state index contributed by atoms with van der Waals surface area (Å²) in [5, 5.41) is 3.15. The number of anilines is 1. The van der Waals surface area contributed by atoms with Crippen molar-refractivity contribution in [1.82, 2.24) is 4.90 Å². The first-order valence-corrected chi connectivity index (χ1v) is 7.85. The predicted octanol–water partition coefficient (Wildman–Crippen LogP) is 2.80. The molecule has 0 spiro atoms. The minimum absolute atomic E-state index is 0.00745. The Kier molecular flexibility index (Phi) is 5.80. The molecule has 1 aliphatic rings. The Labute approximate surface area is 135 Å². The highest BCUT2D eigenvalue weighted by Crippen LogP contribution is 2.24. The summed E-state index contributed by atoms with van der Waals surface area (Å²) in [6.07, 6.45) is 1.72. The van der Waals surface area contributed by atoms with Crippen molar-refractivity contribution in [2.75, 3.05) is 32.1 Å². The smallest absolute Gasteiger partial charge is 0.339 e. The van der Waals surface area contributed by atoms with Crippen LogP contribution in [0, 0.1) is 5.92 Å². The SMILES string of the molecule is CCOC(=O)c1ccc(NC(=O)C2CCN(C)CC2)cc1Cl. The fourth-order valence-corrected chi connectivity index (χ4v) is 2.74. The van der Waals surface area contributed by atoms with Gasteiger partial charge in [0.15, 0.2) is 0 Å². The summed E-state index contributed by atoms with van der Waals surface area (Å²) in [6, 6.07) is 4.83. The van der Waals surface area contributed by atoms with E-state index in [0.29, 0.717) is 17.9 Å². The van der Waals surface area contributed by atoms with Gasteiger partial charge >= 0.3 is 5.97 Å². The van der Waals surface area contributed by atoms with Crippen LogP contribution < -0.4 is 5.32 Å². The first-order chi connectivity index (χ1) is 10.5. The van der Waals surface area contributed by atoms with Gasteiger partial charge in [-0.25, -0.2) is 4.79 Å². The maximum absolute atomic E-state index is 12.2. The summed E-state index contributed by atoms with van der Waals surface area (Å²) in [6.45, 7) is 3.90. The number of nitrogens with one attached hydrogen (secondary N) is 1. The van der Waals surface area contributed by atoms with Gasteiger partial charge < -0.3 is 15.0 Å². The van der Waals surface area contributed by atoms with E-state index in [-0.39, 0.29) is 16.8 Å². The van der Waals surface area contributed by atoms with Crippen molar-refractivity contribution in [3.05, 3.63) is 28.8 Å². The fourth-order valence-electron chi connectivity index (χ4n) is 2.48. The number of esters is 1. The predicted molar refractivity (Wildman–Crippen MR) is 86.3 cm³/mol. The lowest BCUT2D eigenvalue weighted by Crippen LogP contribution is -2.35. The lowest BCUT2D eigenvalue weighted by atomic mass is 9.96. The number of ether oxygens (including phenoxy) is 1. The zero-order valence-corrected chi connectivity index (χ0v) is 13.7. The van der Waals surface area contributed by atoms with Crippen molar-refractivity contribution in [3.8, 4) is 0 Å². The molecule has 0 aromatic heterocycles. The molecule has 120 valence electrons. The number of rotatable bonds is 4. The molecule has 0 bridgehead atoms. The third-order valence-corrected chi connectivity index (χ3v) is 4.13. The van der Waals surface area contributed by atoms with E-state index >= 15 is 0 Å². The Morgan fingerprint density at radius 1 is 1.36 bits per heavy atom. The number of hydrogen-bond acceptors (Lipinski definition) is 4. The monoisotopic (exact) mass is 324 g/mol. The van der Waals surface area contributed by atoms with E-state index < -0.39 is 5.97 Å². The summed E-state index contributed by atoms with van der Waals surface area (Å²) in [5.74, 6) is -0.423. The van der Waals surface area contributed by atoms with E-state index in [9.17, 15) is 9.59 Å². The number of carbonyl (C=O) groups is 2. The van der Waals surface area contributed by atoms with Gasteiger partial charge in [0.05, 0.1) is 17.2 Å². The first kappa shape index (κ1) is 16.8. The van der Waals surface area contributed by atoms with E-state index in [4.69, 9.17) is 16.3 Å². The molecule has 1 aliphatic heterocycles. The van der Waals surface area contributed by atoms with Crippen LogP contribution in [0.4, 0.5) is 5.69 Å². The topological polar surface area (TPSA) is 58.6 Å². The van der Waals surface area contributed by atoms with Crippen LogP contribution in [0.15, 0.2) is 18.2 Å². The Morgan fingerprint density at radius 3 is 2.64 bits per heavy atom. The second-order valence-corrected chi connectivity index (χ2v) is 5.89. The lowest BCUT2D eigenvalue weighted by molar-refractivity contribution is -0.121. The normalized spacial score (nSPS) is 16.3. The molecule has 5 nitrogen and oxygen atoms in total. The average molecular weight is 325 g/mol. The molecule has 1 aromatic carbocycles. The van der Waals surface area contributed by atoms with Gasteiger partial charge in [-0.2, -0.15) is 0 Å². The third kappa shape index (κ3) is 4.21. The van der Waals surface area contributed by atoms with Crippen molar-refractivity contribution in [3.63, 3.8) is 0 Å². The molecule has 0 atom stereocenters. The highest BCUT2D eigenvalue weighted by Gasteiger charge is 2.23.